The second-order valence-electron chi connectivity index (χ2n) is 6.04. The third kappa shape index (κ3) is 6.98. The van der Waals surface area contributed by atoms with E-state index in [9.17, 15) is 4.79 Å². The number of ether oxygens (including phenoxy) is 1. The smallest absolute Gasteiger partial charge is 0.220 e. The summed E-state index contributed by atoms with van der Waals surface area (Å²) >= 11 is 5.97. The molecule has 0 unspecified atom stereocenters. The number of carbonyl (C=O) groups excluding carboxylic acids is 1. The highest BCUT2D eigenvalue weighted by molar-refractivity contribution is 6.31. The highest BCUT2D eigenvalue weighted by Gasteiger charge is 2.19. The lowest BCUT2D eigenvalue weighted by Gasteiger charge is -2.26. The van der Waals surface area contributed by atoms with Gasteiger partial charge in [-0.3, -0.25) is 4.79 Å². The van der Waals surface area contributed by atoms with Gasteiger partial charge in [-0.2, -0.15) is 0 Å². The first-order chi connectivity index (χ1) is 10.5. The summed E-state index contributed by atoms with van der Waals surface area (Å²) in [6.45, 7) is 2.47. The Hall–Kier alpha value is -0.970. The van der Waals surface area contributed by atoms with Gasteiger partial charge in [0.15, 0.2) is 0 Å². The topological polar surface area (TPSA) is 64.3 Å². The number of benzene rings is 1. The van der Waals surface area contributed by atoms with Crippen molar-refractivity contribution in [2.24, 2.45) is 5.73 Å². The number of halogens is 2. The van der Waals surface area contributed by atoms with Gasteiger partial charge in [0.25, 0.3) is 0 Å². The number of nitrogens with two attached hydrogens (primary N) is 1. The number of hydrogen-bond acceptors (Lipinski definition) is 3. The van der Waals surface area contributed by atoms with Crippen LogP contribution >= 0.6 is 24.0 Å². The number of carbonyl (C=O) groups is 1. The Labute approximate surface area is 149 Å². The Morgan fingerprint density at radius 1 is 1.35 bits per heavy atom. The van der Waals surface area contributed by atoms with Crippen molar-refractivity contribution in [1.29, 1.82) is 0 Å². The van der Waals surface area contributed by atoms with Crippen LogP contribution < -0.4 is 15.8 Å². The third-order valence-electron chi connectivity index (χ3n) is 4.08. The Morgan fingerprint density at radius 3 is 2.70 bits per heavy atom. The van der Waals surface area contributed by atoms with Crippen LogP contribution in [0.4, 0.5) is 0 Å². The molecule has 0 spiro atoms. The van der Waals surface area contributed by atoms with Gasteiger partial charge in [0.1, 0.15) is 5.75 Å². The zero-order chi connectivity index (χ0) is 15.9. The zero-order valence-electron chi connectivity index (χ0n) is 13.5. The Morgan fingerprint density at radius 2 is 2.04 bits per heavy atom. The fourth-order valence-corrected chi connectivity index (χ4v) is 2.81. The van der Waals surface area contributed by atoms with Crippen LogP contribution in [0.2, 0.25) is 5.02 Å². The van der Waals surface area contributed by atoms with Gasteiger partial charge in [-0.1, -0.05) is 11.6 Å². The van der Waals surface area contributed by atoms with Crippen molar-refractivity contribution in [2.75, 3.05) is 6.61 Å². The predicted molar refractivity (Wildman–Crippen MR) is 96.5 cm³/mol. The van der Waals surface area contributed by atoms with Gasteiger partial charge in [0, 0.05) is 23.5 Å². The van der Waals surface area contributed by atoms with Gasteiger partial charge in [0.05, 0.1) is 6.61 Å². The molecule has 130 valence electrons. The number of amides is 1. The van der Waals surface area contributed by atoms with Crippen LogP contribution in [0, 0.1) is 6.92 Å². The summed E-state index contributed by atoms with van der Waals surface area (Å²) in [6, 6.07) is 6.19. The summed E-state index contributed by atoms with van der Waals surface area (Å²) < 4.78 is 5.64. The van der Waals surface area contributed by atoms with Gasteiger partial charge in [-0.25, -0.2) is 0 Å². The van der Waals surface area contributed by atoms with E-state index in [4.69, 9.17) is 22.1 Å². The van der Waals surface area contributed by atoms with E-state index in [0.717, 1.165) is 42.0 Å². The molecule has 0 aromatic heterocycles. The van der Waals surface area contributed by atoms with Crippen LogP contribution in [0.25, 0.3) is 0 Å². The van der Waals surface area contributed by atoms with Gasteiger partial charge >= 0.3 is 0 Å². The molecule has 4 nitrogen and oxygen atoms in total. The van der Waals surface area contributed by atoms with E-state index >= 15 is 0 Å². The summed E-state index contributed by atoms with van der Waals surface area (Å²) in [6.07, 6.45) is 5.20. The van der Waals surface area contributed by atoms with E-state index in [1.54, 1.807) is 0 Å². The molecule has 1 aromatic carbocycles. The lowest BCUT2D eigenvalue weighted by molar-refractivity contribution is -0.122. The molecule has 1 aromatic rings. The summed E-state index contributed by atoms with van der Waals surface area (Å²) in [5.74, 6) is 0.903. The van der Waals surface area contributed by atoms with E-state index in [1.165, 1.54) is 0 Å². The molecule has 0 saturated heterocycles. The minimum Gasteiger partial charge on any atom is -0.494 e. The molecule has 23 heavy (non-hydrogen) atoms. The van der Waals surface area contributed by atoms with E-state index in [0.29, 0.717) is 31.5 Å². The quantitative estimate of drug-likeness (QED) is 0.761. The average Bonchev–Trinajstić information content (AvgIpc) is 2.49. The molecular formula is C17H26Cl2N2O2. The van der Waals surface area contributed by atoms with E-state index in [1.807, 2.05) is 25.1 Å². The second-order valence-corrected chi connectivity index (χ2v) is 6.45. The molecule has 1 aliphatic carbocycles. The first-order valence-electron chi connectivity index (χ1n) is 7.98. The standard InChI is InChI=1S/C17H25ClN2O2.ClH/c1-12-11-15(8-9-16(12)18)22-10-2-3-17(21)20-14-6-4-13(19)5-7-14;/h8-9,11,13-14H,2-7,10,19H2,1H3,(H,20,21);1H. The number of hydrogen-bond donors (Lipinski definition) is 2. The fraction of sp³-hybridized carbons (Fsp3) is 0.588. The van der Waals surface area contributed by atoms with Crippen molar-refractivity contribution >= 4 is 29.9 Å². The minimum atomic E-state index is 0. The van der Waals surface area contributed by atoms with Crippen LogP contribution in [0.5, 0.6) is 5.75 Å². The number of rotatable bonds is 6. The predicted octanol–water partition coefficient (Wildman–Crippen LogP) is 3.62. The summed E-state index contributed by atoms with van der Waals surface area (Å²) in [4.78, 5) is 11.9. The maximum absolute atomic E-state index is 11.9. The molecule has 0 aliphatic heterocycles. The number of aryl methyl sites for hydroxylation is 1. The van der Waals surface area contributed by atoms with Gasteiger partial charge < -0.3 is 15.8 Å². The first kappa shape index (κ1) is 20.1. The van der Waals surface area contributed by atoms with E-state index in [-0.39, 0.29) is 18.3 Å². The minimum absolute atomic E-state index is 0. The van der Waals surface area contributed by atoms with Gasteiger partial charge in [-0.15, -0.1) is 12.4 Å². The van der Waals surface area contributed by atoms with Gasteiger partial charge in [0.2, 0.25) is 5.91 Å². The van der Waals surface area contributed by atoms with Crippen LogP contribution in [0.15, 0.2) is 18.2 Å². The van der Waals surface area contributed by atoms with Crippen LogP contribution in [-0.4, -0.2) is 24.6 Å². The lowest BCUT2D eigenvalue weighted by atomic mass is 9.92. The molecule has 0 atom stereocenters. The molecule has 0 bridgehead atoms. The molecule has 0 radical (unpaired) electrons. The second kappa shape index (κ2) is 10.0. The first-order valence-corrected chi connectivity index (χ1v) is 8.36. The summed E-state index contributed by atoms with van der Waals surface area (Å²) in [5.41, 5.74) is 6.86. The Kier molecular flexibility index (Phi) is 8.74. The Bertz CT molecular complexity index is 503. The van der Waals surface area contributed by atoms with Crippen molar-refractivity contribution in [3.63, 3.8) is 0 Å². The molecule has 1 amide bonds. The fourth-order valence-electron chi connectivity index (χ4n) is 2.69. The van der Waals surface area contributed by atoms with Crippen molar-refractivity contribution in [1.82, 2.24) is 5.32 Å². The zero-order valence-corrected chi connectivity index (χ0v) is 15.1. The van der Waals surface area contributed by atoms with Crippen molar-refractivity contribution in [2.45, 2.75) is 57.5 Å². The van der Waals surface area contributed by atoms with Crippen molar-refractivity contribution < 1.29 is 9.53 Å². The average molecular weight is 361 g/mol. The van der Waals surface area contributed by atoms with Crippen molar-refractivity contribution in [3.05, 3.63) is 28.8 Å². The largest absolute Gasteiger partial charge is 0.494 e. The van der Waals surface area contributed by atoms with E-state index in [2.05, 4.69) is 5.32 Å². The number of nitrogens with one attached hydrogen (secondary N) is 1. The van der Waals surface area contributed by atoms with Crippen molar-refractivity contribution in [3.8, 4) is 5.75 Å². The monoisotopic (exact) mass is 360 g/mol. The molecule has 2 rings (SSSR count). The summed E-state index contributed by atoms with van der Waals surface area (Å²) in [5, 5.41) is 3.82. The lowest BCUT2D eigenvalue weighted by Crippen LogP contribution is -2.40. The molecular weight excluding hydrogens is 335 g/mol. The highest BCUT2D eigenvalue weighted by atomic mass is 35.5. The van der Waals surface area contributed by atoms with Crippen LogP contribution in [-0.2, 0) is 4.79 Å². The third-order valence-corrected chi connectivity index (χ3v) is 4.51. The molecule has 1 saturated carbocycles. The van der Waals surface area contributed by atoms with E-state index < -0.39 is 0 Å². The molecule has 6 heteroatoms. The maximum atomic E-state index is 11.9. The summed E-state index contributed by atoms with van der Waals surface area (Å²) in [7, 11) is 0. The molecule has 3 N–H and O–H groups in total. The van der Waals surface area contributed by atoms with Gasteiger partial charge in [-0.05, 0) is 62.8 Å². The normalized spacial score (nSPS) is 20.5. The maximum Gasteiger partial charge on any atom is 0.220 e. The van der Waals surface area contributed by atoms with Crippen LogP contribution in [0.1, 0.15) is 44.1 Å². The Balaban J connectivity index is 0.00000264. The molecule has 0 heterocycles. The SMILES string of the molecule is Cc1cc(OCCCC(=O)NC2CCC(N)CC2)ccc1Cl.Cl. The highest BCUT2D eigenvalue weighted by Crippen LogP contribution is 2.21. The van der Waals surface area contributed by atoms with Crippen LogP contribution in [0.3, 0.4) is 0 Å². The molecule has 1 fully saturated rings. The molecule has 1 aliphatic rings.